The Labute approximate surface area is 78.3 Å². The number of aromatic nitrogens is 1. The van der Waals surface area contributed by atoms with Crippen molar-refractivity contribution in [2.24, 2.45) is 0 Å². The van der Waals surface area contributed by atoms with Crippen LogP contribution in [0.25, 0.3) is 10.9 Å². The number of carbonyl (C=O) groups excluding carboxylic acids is 1. The number of fused-ring (bicyclic) bond motifs is 1. The average molecular weight is 198 g/mol. The number of nitrogens with one attached hydrogen (secondary N) is 1. The summed E-state index contributed by atoms with van der Waals surface area (Å²) in [4.78, 5) is 13.2. The highest BCUT2D eigenvalue weighted by molar-refractivity contribution is 6.31. The highest BCUT2D eigenvalue weighted by atomic mass is 35.5. The van der Waals surface area contributed by atoms with Gasteiger partial charge in [0.1, 0.15) is 5.82 Å². The Morgan fingerprint density at radius 2 is 2.15 bits per heavy atom. The van der Waals surface area contributed by atoms with Crippen molar-refractivity contribution in [1.82, 2.24) is 4.98 Å². The summed E-state index contributed by atoms with van der Waals surface area (Å²) in [5, 5.41) is 0.691. The Morgan fingerprint density at radius 1 is 1.38 bits per heavy atom. The Balaban J connectivity index is 2.77. The zero-order chi connectivity index (χ0) is 9.42. The number of hydrogen-bond acceptors (Lipinski definition) is 1. The number of rotatable bonds is 1. The van der Waals surface area contributed by atoms with E-state index in [0.717, 1.165) is 0 Å². The standard InChI is InChI=1S/C9H5ClFNO/c10-7-3-9-5(2-8(7)11)1-6(4-13)12-9/h1-4,12H. The molecule has 1 N–H and O–H groups in total. The van der Waals surface area contributed by atoms with Gasteiger partial charge in [0.05, 0.1) is 10.7 Å². The van der Waals surface area contributed by atoms with E-state index >= 15 is 0 Å². The molecule has 66 valence electrons. The number of aldehydes is 1. The second-order valence-corrected chi connectivity index (χ2v) is 3.10. The van der Waals surface area contributed by atoms with E-state index in [9.17, 15) is 9.18 Å². The van der Waals surface area contributed by atoms with Gasteiger partial charge >= 0.3 is 0 Å². The molecule has 2 nitrogen and oxygen atoms in total. The van der Waals surface area contributed by atoms with Gasteiger partial charge in [-0.15, -0.1) is 0 Å². The first-order valence-electron chi connectivity index (χ1n) is 3.63. The number of carbonyl (C=O) groups is 1. The van der Waals surface area contributed by atoms with Crippen LogP contribution in [0.15, 0.2) is 18.2 Å². The van der Waals surface area contributed by atoms with E-state index in [1.165, 1.54) is 12.1 Å². The molecule has 0 aliphatic rings. The van der Waals surface area contributed by atoms with E-state index in [1.54, 1.807) is 6.07 Å². The molecule has 1 aromatic carbocycles. The maximum atomic E-state index is 12.9. The lowest BCUT2D eigenvalue weighted by molar-refractivity contribution is 0.112. The van der Waals surface area contributed by atoms with Crippen LogP contribution in [0.4, 0.5) is 4.39 Å². The van der Waals surface area contributed by atoms with E-state index in [-0.39, 0.29) is 5.02 Å². The van der Waals surface area contributed by atoms with Gasteiger partial charge in [0.2, 0.25) is 0 Å². The fourth-order valence-electron chi connectivity index (χ4n) is 1.21. The van der Waals surface area contributed by atoms with E-state index in [2.05, 4.69) is 4.98 Å². The second kappa shape index (κ2) is 2.85. The molecule has 0 amide bonds. The number of halogens is 2. The molecule has 0 aliphatic carbocycles. The van der Waals surface area contributed by atoms with Crippen molar-refractivity contribution < 1.29 is 9.18 Å². The third-order valence-electron chi connectivity index (χ3n) is 1.81. The monoisotopic (exact) mass is 197 g/mol. The molecule has 13 heavy (non-hydrogen) atoms. The van der Waals surface area contributed by atoms with Crippen LogP contribution in [0.5, 0.6) is 0 Å². The van der Waals surface area contributed by atoms with Gasteiger partial charge in [-0.1, -0.05) is 11.6 Å². The van der Waals surface area contributed by atoms with Crippen LogP contribution >= 0.6 is 11.6 Å². The lowest BCUT2D eigenvalue weighted by atomic mass is 10.2. The molecule has 0 bridgehead atoms. The minimum Gasteiger partial charge on any atom is -0.352 e. The van der Waals surface area contributed by atoms with E-state index < -0.39 is 5.82 Å². The van der Waals surface area contributed by atoms with Gasteiger partial charge in [-0.25, -0.2) is 4.39 Å². The minimum atomic E-state index is -0.481. The first-order valence-corrected chi connectivity index (χ1v) is 4.01. The van der Waals surface area contributed by atoms with Crippen LogP contribution in [-0.2, 0) is 0 Å². The smallest absolute Gasteiger partial charge is 0.166 e. The Kier molecular flexibility index (Phi) is 1.81. The van der Waals surface area contributed by atoms with E-state index in [1.807, 2.05) is 0 Å². The van der Waals surface area contributed by atoms with Gasteiger partial charge in [-0.2, -0.15) is 0 Å². The fourth-order valence-corrected chi connectivity index (χ4v) is 1.38. The van der Waals surface area contributed by atoms with Crippen LogP contribution < -0.4 is 0 Å². The van der Waals surface area contributed by atoms with Crippen LogP contribution in [0.3, 0.4) is 0 Å². The lowest BCUT2D eigenvalue weighted by Crippen LogP contribution is -1.76. The van der Waals surface area contributed by atoms with Crippen molar-refractivity contribution in [2.45, 2.75) is 0 Å². The SMILES string of the molecule is O=Cc1cc2cc(F)c(Cl)cc2[nH]1. The topological polar surface area (TPSA) is 32.9 Å². The summed E-state index contributed by atoms with van der Waals surface area (Å²) in [6, 6.07) is 4.32. The Morgan fingerprint density at radius 3 is 2.85 bits per heavy atom. The van der Waals surface area contributed by atoms with Gasteiger partial charge in [-0.3, -0.25) is 4.79 Å². The molecular weight excluding hydrogens is 193 g/mol. The quantitative estimate of drug-likeness (QED) is 0.701. The normalized spacial score (nSPS) is 10.6. The van der Waals surface area contributed by atoms with Crippen molar-refractivity contribution in [2.75, 3.05) is 0 Å². The summed E-state index contributed by atoms with van der Waals surface area (Å²) >= 11 is 5.56. The fraction of sp³-hybridized carbons (Fsp3) is 0. The average Bonchev–Trinajstić information content (AvgIpc) is 2.48. The zero-order valence-electron chi connectivity index (χ0n) is 6.47. The van der Waals surface area contributed by atoms with Crippen molar-refractivity contribution in [3.05, 3.63) is 34.7 Å². The van der Waals surface area contributed by atoms with Gasteiger partial charge in [-0.05, 0) is 18.2 Å². The minimum absolute atomic E-state index is 0.0480. The summed E-state index contributed by atoms with van der Waals surface area (Å²) in [5.74, 6) is -0.481. The van der Waals surface area contributed by atoms with Crippen molar-refractivity contribution in [1.29, 1.82) is 0 Å². The predicted octanol–water partition coefficient (Wildman–Crippen LogP) is 2.77. The van der Waals surface area contributed by atoms with Gasteiger partial charge in [0, 0.05) is 10.9 Å². The molecule has 0 unspecified atom stereocenters. The Hall–Kier alpha value is -1.35. The summed E-state index contributed by atoms with van der Waals surface area (Å²) in [5.41, 5.74) is 1.07. The third-order valence-corrected chi connectivity index (χ3v) is 2.10. The number of benzene rings is 1. The summed E-state index contributed by atoms with van der Waals surface area (Å²) in [6.07, 6.45) is 0.672. The molecular formula is C9H5ClFNO. The maximum Gasteiger partial charge on any atom is 0.166 e. The molecule has 1 heterocycles. The third kappa shape index (κ3) is 1.31. The molecule has 1 aromatic heterocycles. The van der Waals surface area contributed by atoms with Crippen LogP contribution in [-0.4, -0.2) is 11.3 Å². The van der Waals surface area contributed by atoms with Crippen molar-refractivity contribution in [3.8, 4) is 0 Å². The van der Waals surface area contributed by atoms with Crippen LogP contribution in [0, 0.1) is 5.82 Å². The molecule has 0 aliphatic heterocycles. The van der Waals surface area contributed by atoms with E-state index in [0.29, 0.717) is 22.9 Å². The molecule has 0 fully saturated rings. The molecule has 0 saturated heterocycles. The summed E-state index contributed by atoms with van der Waals surface area (Å²) in [7, 11) is 0. The number of hydrogen-bond donors (Lipinski definition) is 1. The summed E-state index contributed by atoms with van der Waals surface area (Å²) in [6.45, 7) is 0. The molecule has 0 saturated carbocycles. The molecule has 0 radical (unpaired) electrons. The highest BCUT2D eigenvalue weighted by Crippen LogP contribution is 2.22. The molecule has 0 spiro atoms. The highest BCUT2D eigenvalue weighted by Gasteiger charge is 2.04. The van der Waals surface area contributed by atoms with Gasteiger partial charge < -0.3 is 4.98 Å². The lowest BCUT2D eigenvalue weighted by Gasteiger charge is -1.93. The van der Waals surface area contributed by atoms with Crippen LogP contribution in [0.2, 0.25) is 5.02 Å². The molecule has 2 aromatic rings. The van der Waals surface area contributed by atoms with Crippen LogP contribution in [0.1, 0.15) is 10.5 Å². The maximum absolute atomic E-state index is 12.9. The number of H-pyrrole nitrogens is 1. The van der Waals surface area contributed by atoms with Gasteiger partial charge in [0.25, 0.3) is 0 Å². The molecule has 2 rings (SSSR count). The Bertz CT molecular complexity index is 439. The predicted molar refractivity (Wildman–Crippen MR) is 48.7 cm³/mol. The second-order valence-electron chi connectivity index (χ2n) is 2.70. The van der Waals surface area contributed by atoms with Crippen molar-refractivity contribution >= 4 is 28.8 Å². The van der Waals surface area contributed by atoms with Gasteiger partial charge in [0.15, 0.2) is 6.29 Å². The number of aromatic amines is 1. The summed E-state index contributed by atoms with van der Waals surface area (Å²) < 4.78 is 12.9. The molecule has 0 atom stereocenters. The molecule has 4 heteroatoms. The first kappa shape index (κ1) is 8.26. The first-order chi connectivity index (χ1) is 6.20. The van der Waals surface area contributed by atoms with E-state index in [4.69, 9.17) is 11.6 Å². The largest absolute Gasteiger partial charge is 0.352 e. The zero-order valence-corrected chi connectivity index (χ0v) is 7.23. The van der Waals surface area contributed by atoms with Crippen molar-refractivity contribution in [3.63, 3.8) is 0 Å².